The highest BCUT2D eigenvalue weighted by atomic mass is 16.5. The number of methoxy groups -OCH3 is 1. The van der Waals surface area contributed by atoms with Crippen molar-refractivity contribution in [2.24, 2.45) is 0 Å². The van der Waals surface area contributed by atoms with E-state index in [0.29, 0.717) is 11.5 Å². The molecule has 98 valence electrons. The number of hydrogen-bond acceptors (Lipinski definition) is 2. The number of benzene rings is 1. The molecule has 1 rings (SSSR count). The Labute approximate surface area is 108 Å². The van der Waals surface area contributed by atoms with Gasteiger partial charge in [0, 0.05) is 0 Å². The van der Waals surface area contributed by atoms with Crippen LogP contribution in [0, 0.1) is 6.92 Å². The van der Waals surface area contributed by atoms with Crippen LogP contribution in [0.15, 0.2) is 18.7 Å². The molecule has 0 bridgehead atoms. The lowest BCUT2D eigenvalue weighted by atomic mass is 9.92. The van der Waals surface area contributed by atoms with Crippen molar-refractivity contribution in [2.75, 3.05) is 7.11 Å². The van der Waals surface area contributed by atoms with Gasteiger partial charge in [-0.1, -0.05) is 20.4 Å². The van der Waals surface area contributed by atoms with E-state index in [9.17, 15) is 4.79 Å². The fraction of sp³-hybridized carbons (Fsp3) is 0.400. The minimum absolute atomic E-state index is 0.0370. The van der Waals surface area contributed by atoms with E-state index in [1.807, 2.05) is 19.1 Å². The summed E-state index contributed by atoms with van der Waals surface area (Å²) in [6.07, 6.45) is -0.0370. The summed E-state index contributed by atoms with van der Waals surface area (Å²) in [7, 11) is 1.65. The second-order valence-corrected chi connectivity index (χ2v) is 4.74. The first-order valence-electron chi connectivity index (χ1n) is 5.95. The second-order valence-electron chi connectivity index (χ2n) is 4.74. The molecule has 18 heavy (non-hydrogen) atoms. The molecule has 1 aromatic carbocycles. The lowest BCUT2D eigenvalue weighted by Gasteiger charge is -2.16. The summed E-state index contributed by atoms with van der Waals surface area (Å²) in [5.41, 5.74) is 3.60. The molecular weight excluding hydrogens is 228 g/mol. The first-order valence-corrected chi connectivity index (χ1v) is 5.95. The molecule has 0 radical (unpaired) electrons. The van der Waals surface area contributed by atoms with E-state index in [-0.39, 0.29) is 6.42 Å². The third-order valence-corrected chi connectivity index (χ3v) is 2.94. The van der Waals surface area contributed by atoms with Crippen LogP contribution in [0.3, 0.4) is 0 Å². The minimum Gasteiger partial charge on any atom is -0.496 e. The summed E-state index contributed by atoms with van der Waals surface area (Å²) in [6, 6.07) is 3.93. The molecule has 0 atom stereocenters. The van der Waals surface area contributed by atoms with E-state index in [2.05, 4.69) is 20.4 Å². The zero-order valence-electron chi connectivity index (χ0n) is 11.4. The van der Waals surface area contributed by atoms with Crippen LogP contribution in [0.2, 0.25) is 0 Å². The SMILES string of the molecule is C=C(CC(=O)O)c1cc(C(C)C)c(OC)cc1C. The molecule has 3 nitrogen and oxygen atoms in total. The lowest BCUT2D eigenvalue weighted by molar-refractivity contribution is -0.135. The van der Waals surface area contributed by atoms with Gasteiger partial charge in [-0.2, -0.15) is 0 Å². The van der Waals surface area contributed by atoms with Crippen LogP contribution in [-0.4, -0.2) is 18.2 Å². The smallest absolute Gasteiger partial charge is 0.307 e. The van der Waals surface area contributed by atoms with Gasteiger partial charge in [0.2, 0.25) is 0 Å². The van der Waals surface area contributed by atoms with Crippen LogP contribution in [0.4, 0.5) is 0 Å². The van der Waals surface area contributed by atoms with Crippen molar-refractivity contribution in [2.45, 2.75) is 33.1 Å². The number of aryl methyl sites for hydroxylation is 1. The number of carboxylic acids is 1. The van der Waals surface area contributed by atoms with Crippen molar-refractivity contribution in [3.05, 3.63) is 35.4 Å². The van der Waals surface area contributed by atoms with Crippen LogP contribution in [0.1, 0.15) is 42.9 Å². The van der Waals surface area contributed by atoms with E-state index in [0.717, 1.165) is 22.4 Å². The number of hydrogen-bond donors (Lipinski definition) is 1. The van der Waals surface area contributed by atoms with Gasteiger partial charge in [-0.25, -0.2) is 0 Å². The van der Waals surface area contributed by atoms with E-state index in [4.69, 9.17) is 9.84 Å². The molecule has 1 aromatic rings. The quantitative estimate of drug-likeness (QED) is 0.865. The summed E-state index contributed by atoms with van der Waals surface area (Å²) in [5, 5.41) is 8.83. The van der Waals surface area contributed by atoms with Crippen LogP contribution in [0.25, 0.3) is 5.57 Å². The number of carboxylic acid groups (broad SMARTS) is 1. The largest absolute Gasteiger partial charge is 0.496 e. The average molecular weight is 248 g/mol. The van der Waals surface area contributed by atoms with Gasteiger partial charge in [0.15, 0.2) is 0 Å². The molecule has 0 heterocycles. The second kappa shape index (κ2) is 5.71. The van der Waals surface area contributed by atoms with Gasteiger partial charge in [0.25, 0.3) is 0 Å². The molecule has 0 aliphatic heterocycles. The molecule has 0 aliphatic rings. The van der Waals surface area contributed by atoms with Crippen molar-refractivity contribution in [3.8, 4) is 5.75 Å². The Morgan fingerprint density at radius 1 is 1.44 bits per heavy atom. The van der Waals surface area contributed by atoms with Gasteiger partial charge in [0.05, 0.1) is 13.5 Å². The van der Waals surface area contributed by atoms with Crippen molar-refractivity contribution in [1.29, 1.82) is 0 Å². The third kappa shape index (κ3) is 3.13. The molecule has 0 fully saturated rings. The number of rotatable bonds is 5. The van der Waals surface area contributed by atoms with E-state index in [1.54, 1.807) is 7.11 Å². The maximum absolute atomic E-state index is 10.8. The van der Waals surface area contributed by atoms with Crippen molar-refractivity contribution in [3.63, 3.8) is 0 Å². The van der Waals surface area contributed by atoms with E-state index >= 15 is 0 Å². The predicted molar refractivity (Wildman–Crippen MR) is 73.1 cm³/mol. The molecule has 0 aliphatic carbocycles. The molecular formula is C15H20O3. The first kappa shape index (κ1) is 14.3. The maximum atomic E-state index is 10.8. The summed E-state index contributed by atoms with van der Waals surface area (Å²) in [4.78, 5) is 10.8. The summed E-state index contributed by atoms with van der Waals surface area (Å²) in [5.74, 6) is 0.299. The van der Waals surface area contributed by atoms with E-state index < -0.39 is 5.97 Å². The monoisotopic (exact) mass is 248 g/mol. The zero-order chi connectivity index (χ0) is 13.9. The highest BCUT2D eigenvalue weighted by Crippen LogP contribution is 2.32. The van der Waals surface area contributed by atoms with Gasteiger partial charge in [0.1, 0.15) is 5.75 Å². The minimum atomic E-state index is -0.860. The van der Waals surface area contributed by atoms with Gasteiger partial charge in [-0.15, -0.1) is 0 Å². The standard InChI is InChI=1S/C15H20O3/c1-9(2)12-8-13(11(4)7-15(16)17)10(3)6-14(12)18-5/h6,8-9H,4,7H2,1-3,5H3,(H,16,17). The maximum Gasteiger partial charge on any atom is 0.307 e. The Balaban J connectivity index is 3.25. The fourth-order valence-corrected chi connectivity index (χ4v) is 1.98. The third-order valence-electron chi connectivity index (χ3n) is 2.94. The summed E-state index contributed by atoms with van der Waals surface area (Å²) in [6.45, 7) is 9.96. The van der Waals surface area contributed by atoms with Crippen molar-refractivity contribution in [1.82, 2.24) is 0 Å². The highest BCUT2D eigenvalue weighted by Gasteiger charge is 2.14. The Hall–Kier alpha value is -1.77. The van der Waals surface area contributed by atoms with Crippen molar-refractivity contribution < 1.29 is 14.6 Å². The zero-order valence-corrected chi connectivity index (χ0v) is 11.4. The molecule has 0 spiro atoms. The van der Waals surface area contributed by atoms with Crippen LogP contribution < -0.4 is 4.74 Å². The van der Waals surface area contributed by atoms with Crippen LogP contribution in [-0.2, 0) is 4.79 Å². The molecule has 0 aromatic heterocycles. The molecule has 0 amide bonds. The normalized spacial score (nSPS) is 10.5. The topological polar surface area (TPSA) is 46.5 Å². The Kier molecular flexibility index (Phi) is 4.54. The fourth-order valence-electron chi connectivity index (χ4n) is 1.98. The Morgan fingerprint density at radius 3 is 2.50 bits per heavy atom. The predicted octanol–water partition coefficient (Wildman–Crippen LogP) is 3.61. The van der Waals surface area contributed by atoms with E-state index in [1.165, 1.54) is 0 Å². The summed E-state index contributed by atoms with van der Waals surface area (Å²) >= 11 is 0. The highest BCUT2D eigenvalue weighted by molar-refractivity contribution is 5.84. The lowest BCUT2D eigenvalue weighted by Crippen LogP contribution is -2.01. The number of aliphatic carboxylic acids is 1. The Bertz CT molecular complexity index is 473. The van der Waals surface area contributed by atoms with Gasteiger partial charge in [-0.05, 0) is 47.2 Å². The first-order chi connectivity index (χ1) is 8.36. The summed E-state index contributed by atoms with van der Waals surface area (Å²) < 4.78 is 5.36. The molecule has 0 saturated carbocycles. The van der Waals surface area contributed by atoms with Gasteiger partial charge >= 0.3 is 5.97 Å². The number of carbonyl (C=O) groups is 1. The van der Waals surface area contributed by atoms with Crippen molar-refractivity contribution >= 4 is 11.5 Å². The molecule has 3 heteroatoms. The van der Waals surface area contributed by atoms with Crippen LogP contribution in [0.5, 0.6) is 5.75 Å². The van der Waals surface area contributed by atoms with Gasteiger partial charge < -0.3 is 9.84 Å². The van der Waals surface area contributed by atoms with Gasteiger partial charge in [-0.3, -0.25) is 4.79 Å². The molecule has 0 saturated heterocycles. The number of ether oxygens (including phenoxy) is 1. The van der Waals surface area contributed by atoms with Crippen LogP contribution >= 0.6 is 0 Å². The Morgan fingerprint density at radius 2 is 2.06 bits per heavy atom. The average Bonchev–Trinajstić information content (AvgIpc) is 2.26. The molecule has 0 unspecified atom stereocenters. The molecule has 1 N–H and O–H groups in total.